The highest BCUT2D eigenvalue weighted by atomic mass is 16.3. The van der Waals surface area contributed by atoms with E-state index >= 15 is 0 Å². The molecule has 140 valence electrons. The fourth-order valence-electron chi connectivity index (χ4n) is 4.17. The zero-order chi connectivity index (χ0) is 18.2. The number of β-amino-alcohol motifs (C(OH)–C–C–N with tert-alkyl or cyclic N) is 1. The maximum Gasteiger partial charge on any atom is 0.255 e. The Bertz CT molecular complexity index is 628. The highest BCUT2D eigenvalue weighted by Crippen LogP contribution is 2.29. The molecule has 2 aliphatic rings. The van der Waals surface area contributed by atoms with Gasteiger partial charge in [0.05, 0.1) is 5.69 Å². The summed E-state index contributed by atoms with van der Waals surface area (Å²) in [5.74, 6) is -0.0723. The van der Waals surface area contributed by atoms with Crippen LogP contribution in [0.4, 0.5) is 0 Å². The molecule has 25 heavy (non-hydrogen) atoms. The van der Waals surface area contributed by atoms with Gasteiger partial charge in [-0.05, 0) is 32.2 Å². The summed E-state index contributed by atoms with van der Waals surface area (Å²) in [6, 6.07) is 0. The van der Waals surface area contributed by atoms with Crippen molar-refractivity contribution in [2.24, 2.45) is 7.05 Å². The van der Waals surface area contributed by atoms with Crippen LogP contribution >= 0.6 is 0 Å². The van der Waals surface area contributed by atoms with Gasteiger partial charge in [-0.25, -0.2) is 0 Å². The lowest BCUT2D eigenvalue weighted by Gasteiger charge is -2.40. The molecule has 6 heteroatoms. The Labute approximate surface area is 150 Å². The van der Waals surface area contributed by atoms with Crippen LogP contribution in [0.3, 0.4) is 0 Å². The first-order chi connectivity index (χ1) is 11.7. The van der Waals surface area contributed by atoms with Gasteiger partial charge < -0.3 is 10.0 Å². The molecule has 1 N–H and O–H groups in total. The number of rotatable bonds is 3. The van der Waals surface area contributed by atoms with E-state index < -0.39 is 5.60 Å². The topological polar surface area (TPSA) is 61.6 Å². The molecule has 1 atom stereocenters. The van der Waals surface area contributed by atoms with Crippen LogP contribution in [-0.2, 0) is 23.8 Å². The Hall–Kier alpha value is -1.40. The number of carbonyl (C=O) groups is 1. The number of hydrogen-bond acceptors (Lipinski definition) is 4. The van der Waals surface area contributed by atoms with Crippen molar-refractivity contribution in [1.82, 2.24) is 19.6 Å². The first-order valence-electron chi connectivity index (χ1n) is 9.46. The van der Waals surface area contributed by atoms with Gasteiger partial charge in [0, 0.05) is 50.4 Å². The molecule has 2 aliphatic heterocycles. The summed E-state index contributed by atoms with van der Waals surface area (Å²) in [6.07, 6.45) is 5.59. The highest BCUT2D eigenvalue weighted by molar-refractivity contribution is 5.85. The normalized spacial score (nSPS) is 25.6. The Morgan fingerprint density at radius 1 is 1.24 bits per heavy atom. The van der Waals surface area contributed by atoms with E-state index in [0.717, 1.165) is 51.1 Å². The van der Waals surface area contributed by atoms with Gasteiger partial charge >= 0.3 is 0 Å². The zero-order valence-electron chi connectivity index (χ0n) is 16.1. The molecule has 1 unspecified atom stereocenters. The summed E-state index contributed by atoms with van der Waals surface area (Å²) < 4.78 is 1.86. The van der Waals surface area contributed by atoms with E-state index in [9.17, 15) is 9.90 Å². The van der Waals surface area contributed by atoms with Crippen LogP contribution in [0.2, 0.25) is 0 Å². The van der Waals surface area contributed by atoms with Crippen molar-refractivity contribution in [3.63, 3.8) is 0 Å². The summed E-state index contributed by atoms with van der Waals surface area (Å²) in [4.78, 5) is 16.8. The summed E-state index contributed by atoms with van der Waals surface area (Å²) in [7, 11) is 1.95. The Balaban J connectivity index is 1.73. The summed E-state index contributed by atoms with van der Waals surface area (Å²) >= 11 is 0. The van der Waals surface area contributed by atoms with Crippen LogP contribution in [0.1, 0.15) is 57.7 Å². The minimum Gasteiger partial charge on any atom is -0.379 e. The number of aliphatic hydroxyl groups is 1. The number of amides is 1. The molecule has 0 aliphatic carbocycles. The molecule has 0 radical (unpaired) electrons. The molecule has 0 aromatic carbocycles. The predicted molar refractivity (Wildman–Crippen MR) is 97.2 cm³/mol. The van der Waals surface area contributed by atoms with Crippen molar-refractivity contribution < 1.29 is 9.90 Å². The van der Waals surface area contributed by atoms with Gasteiger partial charge in [-0.15, -0.1) is 0 Å². The van der Waals surface area contributed by atoms with Crippen LogP contribution in [0, 0.1) is 0 Å². The van der Waals surface area contributed by atoms with Gasteiger partial charge in [-0.3, -0.25) is 14.4 Å². The monoisotopic (exact) mass is 348 g/mol. The maximum atomic E-state index is 12.8. The molecule has 3 rings (SSSR count). The van der Waals surface area contributed by atoms with Crippen molar-refractivity contribution in [2.45, 2.75) is 64.0 Å². The van der Waals surface area contributed by atoms with E-state index in [0.29, 0.717) is 13.0 Å². The third-order valence-electron chi connectivity index (χ3n) is 5.35. The van der Waals surface area contributed by atoms with E-state index in [1.807, 2.05) is 16.6 Å². The van der Waals surface area contributed by atoms with Gasteiger partial charge in [-0.2, -0.15) is 5.10 Å². The number of piperidine rings is 1. The number of aromatic nitrogens is 2. The zero-order valence-corrected chi connectivity index (χ0v) is 16.1. The van der Waals surface area contributed by atoms with Crippen molar-refractivity contribution in [1.29, 1.82) is 0 Å². The first kappa shape index (κ1) is 18.4. The quantitative estimate of drug-likeness (QED) is 0.903. The minimum atomic E-state index is -1.23. The van der Waals surface area contributed by atoms with Crippen molar-refractivity contribution in [3.05, 3.63) is 17.5 Å². The second-order valence-corrected chi connectivity index (χ2v) is 8.77. The second-order valence-electron chi connectivity index (χ2n) is 8.77. The molecule has 1 aromatic heterocycles. The average Bonchev–Trinajstić information content (AvgIpc) is 3.15. The standard InChI is InChI=1S/C19H32N4O2/c1-18(2,3)16-15(12-21(4)20-16)13-22-9-7-8-19(25,14-22)17(24)23-10-5-6-11-23/h12,25H,5-11,13-14H2,1-4H3. The van der Waals surface area contributed by atoms with Crippen LogP contribution < -0.4 is 0 Å². The van der Waals surface area contributed by atoms with Gasteiger partial charge in [0.25, 0.3) is 5.91 Å². The number of likely N-dealkylation sites (tertiary alicyclic amines) is 2. The fourth-order valence-corrected chi connectivity index (χ4v) is 4.17. The summed E-state index contributed by atoms with van der Waals surface area (Å²) in [5.41, 5.74) is 1.03. The molecule has 3 heterocycles. The van der Waals surface area contributed by atoms with E-state index in [-0.39, 0.29) is 11.3 Å². The second kappa shape index (κ2) is 6.72. The molecular weight excluding hydrogens is 316 g/mol. The third kappa shape index (κ3) is 3.90. The molecule has 0 saturated carbocycles. The maximum absolute atomic E-state index is 12.8. The van der Waals surface area contributed by atoms with Crippen molar-refractivity contribution in [3.8, 4) is 0 Å². The van der Waals surface area contributed by atoms with E-state index in [2.05, 4.69) is 37.0 Å². The molecule has 1 amide bonds. The third-order valence-corrected chi connectivity index (χ3v) is 5.35. The molecule has 6 nitrogen and oxygen atoms in total. The van der Waals surface area contributed by atoms with E-state index in [1.54, 1.807) is 0 Å². The van der Waals surface area contributed by atoms with Crippen LogP contribution in [0.25, 0.3) is 0 Å². The fraction of sp³-hybridized carbons (Fsp3) is 0.789. The van der Waals surface area contributed by atoms with Gasteiger partial charge in [-0.1, -0.05) is 20.8 Å². The molecular formula is C19H32N4O2. The van der Waals surface area contributed by atoms with Crippen LogP contribution in [0.15, 0.2) is 6.20 Å². The number of hydrogen-bond donors (Lipinski definition) is 1. The van der Waals surface area contributed by atoms with Gasteiger partial charge in [0.2, 0.25) is 0 Å². The summed E-state index contributed by atoms with van der Waals surface area (Å²) in [5, 5.41) is 15.7. The highest BCUT2D eigenvalue weighted by Gasteiger charge is 2.43. The van der Waals surface area contributed by atoms with Crippen molar-refractivity contribution in [2.75, 3.05) is 26.2 Å². The Morgan fingerprint density at radius 2 is 1.92 bits per heavy atom. The smallest absolute Gasteiger partial charge is 0.255 e. The van der Waals surface area contributed by atoms with Gasteiger partial charge in [0.1, 0.15) is 0 Å². The van der Waals surface area contributed by atoms with Crippen LogP contribution in [0.5, 0.6) is 0 Å². The number of carbonyl (C=O) groups excluding carboxylic acids is 1. The SMILES string of the molecule is Cn1cc(CN2CCCC(O)(C(=O)N3CCCC3)C2)c(C(C)(C)C)n1. The predicted octanol–water partition coefficient (Wildman–Crippen LogP) is 1.67. The first-order valence-corrected chi connectivity index (χ1v) is 9.46. The van der Waals surface area contributed by atoms with Crippen molar-refractivity contribution >= 4 is 5.91 Å². The lowest BCUT2D eigenvalue weighted by molar-refractivity contribution is -0.156. The lowest BCUT2D eigenvalue weighted by atomic mass is 9.88. The largest absolute Gasteiger partial charge is 0.379 e. The molecule has 2 saturated heterocycles. The van der Waals surface area contributed by atoms with E-state index in [4.69, 9.17) is 0 Å². The molecule has 1 aromatic rings. The minimum absolute atomic E-state index is 0.0198. The molecule has 0 spiro atoms. The molecule has 0 bridgehead atoms. The van der Waals surface area contributed by atoms with Crippen LogP contribution in [-0.4, -0.2) is 62.4 Å². The van der Waals surface area contributed by atoms with E-state index in [1.165, 1.54) is 5.56 Å². The Kier molecular flexibility index (Phi) is 4.95. The number of nitrogens with zero attached hydrogens (tertiary/aromatic N) is 4. The number of aryl methyl sites for hydroxylation is 1. The Morgan fingerprint density at radius 3 is 2.56 bits per heavy atom. The average molecular weight is 348 g/mol. The molecule has 2 fully saturated rings. The van der Waals surface area contributed by atoms with Gasteiger partial charge in [0.15, 0.2) is 5.60 Å². The summed E-state index contributed by atoms with van der Waals surface area (Å²) in [6.45, 7) is 10.1. The lowest BCUT2D eigenvalue weighted by Crippen LogP contribution is -2.57.